The first-order valence-corrected chi connectivity index (χ1v) is 11.1. The molecule has 0 atom stereocenters. The van der Waals surface area contributed by atoms with Gasteiger partial charge in [0.2, 0.25) is 5.89 Å². The number of carbonyl (C=O) groups is 1. The van der Waals surface area contributed by atoms with Gasteiger partial charge in [0.15, 0.2) is 17.1 Å². The Hall–Kier alpha value is -4.36. The van der Waals surface area contributed by atoms with E-state index in [1.165, 1.54) is 7.11 Å². The van der Waals surface area contributed by atoms with Crippen molar-refractivity contribution in [3.8, 4) is 23.0 Å². The van der Waals surface area contributed by atoms with Gasteiger partial charge >= 0.3 is 0 Å². The molecule has 3 aromatic carbocycles. The van der Waals surface area contributed by atoms with Crippen molar-refractivity contribution in [3.05, 3.63) is 101 Å². The van der Waals surface area contributed by atoms with Gasteiger partial charge in [0.1, 0.15) is 12.1 Å². The van der Waals surface area contributed by atoms with Gasteiger partial charge in [0.05, 0.1) is 12.7 Å². The number of hydrogen-bond donors (Lipinski definition) is 1. The molecule has 7 nitrogen and oxygen atoms in total. The van der Waals surface area contributed by atoms with Gasteiger partial charge in [-0.1, -0.05) is 23.7 Å². The predicted octanol–water partition coefficient (Wildman–Crippen LogP) is 6.38. The zero-order valence-electron chi connectivity index (χ0n) is 18.7. The summed E-state index contributed by atoms with van der Waals surface area (Å²) in [6, 6.07) is 21.4. The number of benzene rings is 3. The molecule has 0 radical (unpaired) electrons. The SMILES string of the molecule is COc1cc(C(=O)Nc2ccc3oc(-c4cccnc4)nc3c2)ccc1OCc1ccc(Cl)cc1. The Morgan fingerprint density at radius 3 is 2.66 bits per heavy atom. The maximum atomic E-state index is 12.9. The van der Waals surface area contributed by atoms with Crippen LogP contribution >= 0.6 is 11.6 Å². The third-order valence-electron chi connectivity index (χ3n) is 5.29. The van der Waals surface area contributed by atoms with Crippen LogP contribution in [0.1, 0.15) is 15.9 Å². The van der Waals surface area contributed by atoms with Gasteiger partial charge in [-0.25, -0.2) is 4.98 Å². The molecule has 5 aromatic rings. The smallest absolute Gasteiger partial charge is 0.255 e. The van der Waals surface area contributed by atoms with Crippen LogP contribution < -0.4 is 14.8 Å². The van der Waals surface area contributed by atoms with Crippen molar-refractivity contribution in [2.24, 2.45) is 0 Å². The fourth-order valence-electron chi connectivity index (χ4n) is 3.49. The summed E-state index contributed by atoms with van der Waals surface area (Å²) < 4.78 is 17.1. The summed E-state index contributed by atoms with van der Waals surface area (Å²) in [5, 5.41) is 3.56. The van der Waals surface area contributed by atoms with Crippen LogP contribution in [0, 0.1) is 0 Å². The number of amides is 1. The van der Waals surface area contributed by atoms with Gasteiger partial charge in [-0.05, 0) is 66.2 Å². The second-order valence-corrected chi connectivity index (χ2v) is 8.11. The van der Waals surface area contributed by atoms with Crippen LogP contribution in [0.15, 0.2) is 89.6 Å². The van der Waals surface area contributed by atoms with Gasteiger partial charge in [0, 0.05) is 28.7 Å². The lowest BCUT2D eigenvalue weighted by Crippen LogP contribution is -2.12. The molecular formula is C27H20ClN3O4. The molecule has 0 unspecified atom stereocenters. The number of nitrogens with one attached hydrogen (secondary N) is 1. The monoisotopic (exact) mass is 485 g/mol. The van der Waals surface area contributed by atoms with E-state index in [4.69, 9.17) is 25.5 Å². The van der Waals surface area contributed by atoms with E-state index in [0.717, 1.165) is 11.1 Å². The van der Waals surface area contributed by atoms with Crippen molar-refractivity contribution in [3.63, 3.8) is 0 Å². The number of oxazole rings is 1. The standard InChI is InChI=1S/C27H20ClN3O4/c1-33-25-13-18(6-10-24(25)34-16-17-4-7-20(28)8-5-17)26(32)30-21-9-11-23-22(14-21)31-27(35-23)19-3-2-12-29-15-19/h2-15H,16H2,1H3,(H,30,32). The maximum Gasteiger partial charge on any atom is 0.255 e. The van der Waals surface area contributed by atoms with E-state index in [2.05, 4.69) is 15.3 Å². The number of nitrogens with zero attached hydrogens (tertiary/aromatic N) is 2. The van der Waals surface area contributed by atoms with E-state index in [-0.39, 0.29) is 5.91 Å². The minimum Gasteiger partial charge on any atom is -0.493 e. The molecule has 0 spiro atoms. The Kier molecular flexibility index (Phi) is 6.32. The third-order valence-corrected chi connectivity index (χ3v) is 5.54. The van der Waals surface area contributed by atoms with E-state index >= 15 is 0 Å². The first-order valence-electron chi connectivity index (χ1n) is 10.8. The molecule has 0 aliphatic carbocycles. The zero-order valence-corrected chi connectivity index (χ0v) is 19.5. The number of halogens is 1. The summed E-state index contributed by atoms with van der Waals surface area (Å²) in [7, 11) is 1.53. The number of ether oxygens (including phenoxy) is 2. The molecule has 2 aromatic heterocycles. The topological polar surface area (TPSA) is 86.5 Å². The normalized spacial score (nSPS) is 10.8. The summed E-state index contributed by atoms with van der Waals surface area (Å²) in [4.78, 5) is 21.5. The molecule has 0 bridgehead atoms. The molecule has 0 aliphatic heterocycles. The second-order valence-electron chi connectivity index (χ2n) is 7.68. The van der Waals surface area contributed by atoms with Crippen LogP contribution in [0.25, 0.3) is 22.6 Å². The summed E-state index contributed by atoms with van der Waals surface area (Å²) >= 11 is 5.93. The van der Waals surface area contributed by atoms with E-state index in [9.17, 15) is 4.79 Å². The number of aromatic nitrogens is 2. The highest BCUT2D eigenvalue weighted by molar-refractivity contribution is 6.30. The third kappa shape index (κ3) is 5.10. The van der Waals surface area contributed by atoms with E-state index < -0.39 is 0 Å². The van der Waals surface area contributed by atoms with Crippen LogP contribution in [0.3, 0.4) is 0 Å². The van der Waals surface area contributed by atoms with Gasteiger partial charge in [-0.3, -0.25) is 9.78 Å². The van der Waals surface area contributed by atoms with Gasteiger partial charge in [0.25, 0.3) is 5.91 Å². The quantitative estimate of drug-likeness (QED) is 0.287. The van der Waals surface area contributed by atoms with Crippen molar-refractivity contribution in [2.75, 3.05) is 12.4 Å². The van der Waals surface area contributed by atoms with Crippen molar-refractivity contribution >= 4 is 34.3 Å². The predicted molar refractivity (Wildman–Crippen MR) is 134 cm³/mol. The number of rotatable bonds is 7. The van der Waals surface area contributed by atoms with Gasteiger partial charge in [-0.15, -0.1) is 0 Å². The molecule has 0 aliphatic rings. The average Bonchev–Trinajstić information content (AvgIpc) is 3.32. The summed E-state index contributed by atoms with van der Waals surface area (Å²) in [6.07, 6.45) is 3.37. The number of methoxy groups -OCH3 is 1. The van der Waals surface area contributed by atoms with Crippen LogP contribution in [0.5, 0.6) is 11.5 Å². The fraction of sp³-hybridized carbons (Fsp3) is 0.0741. The van der Waals surface area contributed by atoms with E-state index in [1.807, 2.05) is 24.3 Å². The molecule has 1 N–H and O–H groups in total. The van der Waals surface area contributed by atoms with Crippen molar-refractivity contribution in [2.45, 2.75) is 6.61 Å². The van der Waals surface area contributed by atoms with Crippen molar-refractivity contribution in [1.29, 1.82) is 0 Å². The zero-order chi connectivity index (χ0) is 24.2. The molecule has 5 rings (SSSR count). The Morgan fingerprint density at radius 1 is 1.03 bits per heavy atom. The van der Waals surface area contributed by atoms with Gasteiger partial charge in [-0.2, -0.15) is 0 Å². The number of hydrogen-bond acceptors (Lipinski definition) is 6. The maximum absolute atomic E-state index is 12.9. The first kappa shape index (κ1) is 22.4. The van der Waals surface area contributed by atoms with Crippen molar-refractivity contribution in [1.82, 2.24) is 9.97 Å². The van der Waals surface area contributed by atoms with Crippen LogP contribution in [-0.4, -0.2) is 23.0 Å². The molecule has 0 fully saturated rings. The Bertz CT molecular complexity index is 1480. The van der Waals surface area contributed by atoms with Gasteiger partial charge < -0.3 is 19.2 Å². The molecule has 8 heteroatoms. The van der Waals surface area contributed by atoms with Crippen LogP contribution in [0.2, 0.25) is 5.02 Å². The lowest BCUT2D eigenvalue weighted by Gasteiger charge is -2.12. The molecule has 174 valence electrons. The minimum atomic E-state index is -0.289. The number of anilines is 1. The minimum absolute atomic E-state index is 0.289. The number of pyridine rings is 1. The summed E-state index contributed by atoms with van der Waals surface area (Å²) in [5.41, 5.74) is 4.01. The Labute approximate surface area is 206 Å². The molecule has 0 saturated heterocycles. The average molecular weight is 486 g/mol. The number of carbonyl (C=O) groups excluding carboxylic acids is 1. The highest BCUT2D eigenvalue weighted by Gasteiger charge is 2.14. The summed E-state index contributed by atoms with van der Waals surface area (Å²) in [6.45, 7) is 0.345. The highest BCUT2D eigenvalue weighted by atomic mass is 35.5. The van der Waals surface area contributed by atoms with Crippen LogP contribution in [-0.2, 0) is 6.61 Å². The fourth-order valence-corrected chi connectivity index (χ4v) is 3.62. The Morgan fingerprint density at radius 2 is 1.89 bits per heavy atom. The Balaban J connectivity index is 1.30. The largest absolute Gasteiger partial charge is 0.493 e. The lowest BCUT2D eigenvalue weighted by molar-refractivity contribution is 0.102. The first-order chi connectivity index (χ1) is 17.1. The summed E-state index contributed by atoms with van der Waals surface area (Å²) in [5.74, 6) is 1.17. The molecule has 1 amide bonds. The lowest BCUT2D eigenvalue weighted by atomic mass is 10.1. The van der Waals surface area contributed by atoms with Crippen LogP contribution in [0.4, 0.5) is 5.69 Å². The van der Waals surface area contributed by atoms with E-state index in [0.29, 0.717) is 51.4 Å². The highest BCUT2D eigenvalue weighted by Crippen LogP contribution is 2.30. The molecule has 2 heterocycles. The van der Waals surface area contributed by atoms with E-state index in [1.54, 1.807) is 60.9 Å². The second kappa shape index (κ2) is 9.87. The van der Waals surface area contributed by atoms with Crippen molar-refractivity contribution < 1.29 is 18.7 Å². The molecule has 35 heavy (non-hydrogen) atoms. The number of fused-ring (bicyclic) bond motifs is 1. The molecule has 0 saturated carbocycles. The molecular weight excluding hydrogens is 466 g/mol.